The summed E-state index contributed by atoms with van der Waals surface area (Å²) in [6.07, 6.45) is 0.232. The van der Waals surface area contributed by atoms with Gasteiger partial charge >= 0.3 is 0 Å². The number of rotatable bonds is 6. The van der Waals surface area contributed by atoms with Crippen molar-refractivity contribution >= 4 is 18.2 Å². The Bertz CT molecular complexity index is 363. The Balaban J connectivity index is 4.87. The van der Waals surface area contributed by atoms with Crippen LogP contribution in [0.5, 0.6) is 0 Å². The van der Waals surface area contributed by atoms with Crippen LogP contribution in [0.2, 0.25) is 0 Å². The van der Waals surface area contributed by atoms with Gasteiger partial charge in [-0.05, 0) is 5.41 Å². The molecule has 0 heterocycles. The van der Waals surface area contributed by atoms with Crippen LogP contribution in [-0.4, -0.2) is 60.1 Å². The first-order valence-electron chi connectivity index (χ1n) is 6.43. The van der Waals surface area contributed by atoms with Gasteiger partial charge in [0, 0.05) is 14.1 Å². The first kappa shape index (κ1) is 18.4. The largest absolute Gasteiger partial charge is 0.347 e. The van der Waals surface area contributed by atoms with Crippen molar-refractivity contribution < 1.29 is 19.6 Å². The average molecular weight is 287 g/mol. The van der Waals surface area contributed by atoms with Crippen molar-refractivity contribution in [3.8, 4) is 0 Å². The van der Waals surface area contributed by atoms with Gasteiger partial charge in [-0.1, -0.05) is 27.7 Å². The summed E-state index contributed by atoms with van der Waals surface area (Å²) in [5.74, 6) is -1.21. The number of nitrogens with one attached hydrogen (secondary N) is 1. The quantitative estimate of drug-likeness (QED) is 0.411. The van der Waals surface area contributed by atoms with Crippen LogP contribution in [0, 0.1) is 11.3 Å². The molecule has 0 saturated heterocycles. The van der Waals surface area contributed by atoms with E-state index in [1.807, 2.05) is 20.8 Å². The maximum absolute atomic E-state index is 12.1. The number of likely N-dealkylation sites (N-methyl/N-ethyl adjacent to an activating group) is 1. The van der Waals surface area contributed by atoms with Gasteiger partial charge in [-0.3, -0.25) is 19.6 Å². The van der Waals surface area contributed by atoms with E-state index in [9.17, 15) is 14.4 Å². The van der Waals surface area contributed by atoms with Crippen molar-refractivity contribution in [2.45, 2.75) is 33.7 Å². The Kier molecular flexibility index (Phi) is 6.64. The molecule has 2 atom stereocenters. The summed E-state index contributed by atoms with van der Waals surface area (Å²) in [6.45, 7) is 7.01. The van der Waals surface area contributed by atoms with E-state index in [1.165, 1.54) is 4.90 Å². The summed E-state index contributed by atoms with van der Waals surface area (Å²) in [5.41, 5.74) is -0.444. The first-order chi connectivity index (χ1) is 9.00. The lowest BCUT2D eigenvalue weighted by atomic mass is 9.85. The topological polar surface area (TPSA) is 90.0 Å². The molecule has 0 spiro atoms. The second-order valence-corrected chi connectivity index (χ2v) is 6.17. The predicted octanol–water partition coefficient (Wildman–Crippen LogP) is 0.0892. The molecule has 3 amide bonds. The molecule has 0 aliphatic rings. The van der Waals surface area contributed by atoms with Crippen LogP contribution in [-0.2, 0) is 14.4 Å². The van der Waals surface area contributed by atoms with Gasteiger partial charge in [0.2, 0.25) is 18.2 Å². The third-order valence-electron chi connectivity index (χ3n) is 2.87. The van der Waals surface area contributed by atoms with E-state index in [1.54, 1.807) is 21.0 Å². The first-order valence-corrected chi connectivity index (χ1v) is 6.43. The molecular formula is C13H25N3O4. The van der Waals surface area contributed by atoms with Crippen molar-refractivity contribution in [2.24, 2.45) is 11.3 Å². The number of nitrogens with zero attached hydrogens (tertiary/aromatic N) is 2. The smallest absolute Gasteiger partial charge is 0.245 e. The number of carbonyl (C=O) groups excluding carboxylic acids is 3. The number of hydroxylamine groups is 2. The van der Waals surface area contributed by atoms with Crippen molar-refractivity contribution in [1.29, 1.82) is 0 Å². The lowest BCUT2D eigenvalue weighted by Gasteiger charge is -2.33. The highest BCUT2D eigenvalue weighted by Gasteiger charge is 2.34. The molecule has 0 radical (unpaired) electrons. The Morgan fingerprint density at radius 2 is 1.80 bits per heavy atom. The maximum atomic E-state index is 12.1. The summed E-state index contributed by atoms with van der Waals surface area (Å²) >= 11 is 0. The van der Waals surface area contributed by atoms with Gasteiger partial charge in [-0.2, -0.15) is 0 Å². The molecule has 0 aromatic carbocycles. The van der Waals surface area contributed by atoms with E-state index in [0.29, 0.717) is 5.06 Å². The zero-order chi connectivity index (χ0) is 16.1. The van der Waals surface area contributed by atoms with Crippen LogP contribution < -0.4 is 5.32 Å². The van der Waals surface area contributed by atoms with E-state index in [0.717, 1.165) is 0 Å². The zero-order valence-electron chi connectivity index (χ0n) is 13.0. The van der Waals surface area contributed by atoms with Crippen LogP contribution in [0.25, 0.3) is 0 Å². The predicted molar refractivity (Wildman–Crippen MR) is 73.8 cm³/mol. The molecule has 0 bridgehead atoms. The number of amides is 3. The second kappa shape index (κ2) is 7.23. The standard InChI is InChI=1S/C13H25N3O4/c1-9(7-16(20)8-17)11(18)14-10(13(2,3)4)12(19)15(5)6/h8-10,20H,7H2,1-6H3,(H,14,18)/t9?,10-/m1/s1. The maximum Gasteiger partial charge on any atom is 0.245 e. The number of hydrogen-bond acceptors (Lipinski definition) is 4. The molecule has 7 heteroatoms. The lowest BCUT2D eigenvalue weighted by molar-refractivity contribution is -0.154. The molecule has 0 aromatic rings. The molecule has 2 N–H and O–H groups in total. The van der Waals surface area contributed by atoms with E-state index in [4.69, 9.17) is 5.21 Å². The van der Waals surface area contributed by atoms with E-state index < -0.39 is 17.4 Å². The normalized spacial score (nSPS) is 14.2. The van der Waals surface area contributed by atoms with Crippen molar-refractivity contribution in [1.82, 2.24) is 15.3 Å². The van der Waals surface area contributed by atoms with Crippen LogP contribution in [0.3, 0.4) is 0 Å². The molecule has 0 aromatic heterocycles. The second-order valence-electron chi connectivity index (χ2n) is 6.17. The number of hydrogen-bond donors (Lipinski definition) is 2. The van der Waals surface area contributed by atoms with Crippen molar-refractivity contribution in [3.63, 3.8) is 0 Å². The Morgan fingerprint density at radius 1 is 1.30 bits per heavy atom. The zero-order valence-corrected chi connectivity index (χ0v) is 13.0. The molecule has 116 valence electrons. The van der Waals surface area contributed by atoms with E-state index in [2.05, 4.69) is 5.32 Å². The Hall–Kier alpha value is -1.63. The molecule has 0 rings (SSSR count). The highest BCUT2D eigenvalue weighted by atomic mass is 16.5. The summed E-state index contributed by atoms with van der Waals surface area (Å²) < 4.78 is 0. The third kappa shape index (κ3) is 5.56. The molecular weight excluding hydrogens is 262 g/mol. The molecule has 0 fully saturated rings. The van der Waals surface area contributed by atoms with Gasteiger partial charge < -0.3 is 10.2 Å². The minimum Gasteiger partial charge on any atom is -0.347 e. The van der Waals surface area contributed by atoms with Crippen molar-refractivity contribution in [3.05, 3.63) is 0 Å². The SMILES string of the molecule is CC(CN(O)C=O)C(=O)N[C@H](C(=O)N(C)C)C(C)(C)C. The van der Waals surface area contributed by atoms with Gasteiger partial charge in [0.1, 0.15) is 6.04 Å². The highest BCUT2D eigenvalue weighted by molar-refractivity contribution is 5.88. The highest BCUT2D eigenvalue weighted by Crippen LogP contribution is 2.21. The minimum atomic E-state index is -0.671. The Labute approximate surface area is 119 Å². The van der Waals surface area contributed by atoms with Gasteiger partial charge in [0.15, 0.2) is 0 Å². The molecule has 1 unspecified atom stereocenters. The van der Waals surface area contributed by atoms with Gasteiger partial charge in [0.05, 0.1) is 12.5 Å². The molecule has 0 aliphatic heterocycles. The fourth-order valence-electron chi connectivity index (χ4n) is 1.60. The summed E-state index contributed by atoms with van der Waals surface area (Å²) in [4.78, 5) is 35.9. The monoisotopic (exact) mass is 287 g/mol. The molecule has 0 aliphatic carbocycles. The van der Waals surface area contributed by atoms with Crippen molar-refractivity contribution in [2.75, 3.05) is 20.6 Å². The van der Waals surface area contributed by atoms with Gasteiger partial charge in [-0.15, -0.1) is 0 Å². The summed E-state index contributed by atoms with van der Waals surface area (Å²) in [6, 6.07) is -0.671. The lowest BCUT2D eigenvalue weighted by Crippen LogP contribution is -2.54. The van der Waals surface area contributed by atoms with Gasteiger partial charge in [0.25, 0.3) is 0 Å². The average Bonchev–Trinajstić information content (AvgIpc) is 2.32. The molecule has 7 nitrogen and oxygen atoms in total. The Morgan fingerprint density at radius 3 is 2.15 bits per heavy atom. The van der Waals surface area contributed by atoms with Crippen LogP contribution >= 0.6 is 0 Å². The summed E-state index contributed by atoms with van der Waals surface area (Å²) in [7, 11) is 3.25. The van der Waals surface area contributed by atoms with E-state index >= 15 is 0 Å². The molecule has 0 saturated carbocycles. The van der Waals surface area contributed by atoms with Gasteiger partial charge in [-0.25, -0.2) is 5.06 Å². The van der Waals surface area contributed by atoms with Crippen LogP contribution in [0.4, 0.5) is 0 Å². The third-order valence-corrected chi connectivity index (χ3v) is 2.87. The number of carbonyl (C=O) groups is 3. The van der Waals surface area contributed by atoms with Crippen LogP contribution in [0.1, 0.15) is 27.7 Å². The van der Waals surface area contributed by atoms with Crippen LogP contribution in [0.15, 0.2) is 0 Å². The fraction of sp³-hybridized carbons (Fsp3) is 0.769. The minimum absolute atomic E-state index is 0.123. The van der Waals surface area contributed by atoms with E-state index in [-0.39, 0.29) is 24.8 Å². The fourth-order valence-corrected chi connectivity index (χ4v) is 1.60. The summed E-state index contributed by atoms with van der Waals surface area (Å²) in [5, 5.41) is 12.2. The molecule has 20 heavy (non-hydrogen) atoms.